The van der Waals surface area contributed by atoms with Crippen molar-refractivity contribution in [2.45, 2.75) is 0 Å². The Morgan fingerprint density at radius 3 is 2.68 bits per heavy atom. The van der Waals surface area contributed by atoms with Gasteiger partial charge in [0.1, 0.15) is 0 Å². The number of carbonyl (C=O) groups is 1. The Hall–Kier alpha value is -1.72. The zero-order valence-electron chi connectivity index (χ0n) is 9.92. The molecule has 1 heterocycles. The topological polar surface area (TPSA) is 41.5 Å². The zero-order chi connectivity index (χ0) is 13.5. The summed E-state index contributed by atoms with van der Waals surface area (Å²) in [4.78, 5) is 12.2. The van der Waals surface area contributed by atoms with Gasteiger partial charge in [-0.25, -0.2) is 5.43 Å². The minimum Gasteiger partial charge on any atom is -0.266 e. The summed E-state index contributed by atoms with van der Waals surface area (Å²) >= 11 is 4.76. The van der Waals surface area contributed by atoms with Gasteiger partial charge in [0.2, 0.25) is 0 Å². The summed E-state index contributed by atoms with van der Waals surface area (Å²) in [5.41, 5.74) is 3.53. The molecule has 96 valence electrons. The summed E-state index contributed by atoms with van der Waals surface area (Å²) < 4.78 is 0.783. The van der Waals surface area contributed by atoms with E-state index >= 15 is 0 Å². The highest BCUT2D eigenvalue weighted by Gasteiger charge is 2.03. The van der Waals surface area contributed by atoms with Gasteiger partial charge in [-0.2, -0.15) is 5.10 Å². The van der Waals surface area contributed by atoms with Crippen molar-refractivity contribution in [2.75, 3.05) is 0 Å². The van der Waals surface area contributed by atoms with E-state index in [1.165, 1.54) is 11.3 Å². The summed E-state index contributed by atoms with van der Waals surface area (Å²) in [5, 5.41) is 5.74. The normalized spacial score (nSPS) is 11.7. The molecule has 2 aromatic rings. The first-order chi connectivity index (χ1) is 9.25. The van der Waals surface area contributed by atoms with E-state index in [1.807, 2.05) is 47.9 Å². The number of benzene rings is 1. The van der Waals surface area contributed by atoms with Crippen LogP contribution in [0, 0.1) is 0 Å². The fourth-order valence-corrected chi connectivity index (χ4v) is 2.34. The van der Waals surface area contributed by atoms with Gasteiger partial charge in [0, 0.05) is 4.48 Å². The van der Waals surface area contributed by atoms with E-state index < -0.39 is 0 Å². The quantitative estimate of drug-likeness (QED) is 0.668. The number of hydrazone groups is 1. The third-order valence-electron chi connectivity index (χ3n) is 2.20. The minimum absolute atomic E-state index is 0.203. The van der Waals surface area contributed by atoms with Gasteiger partial charge >= 0.3 is 0 Å². The average Bonchev–Trinajstić information content (AvgIpc) is 2.93. The van der Waals surface area contributed by atoms with Crippen molar-refractivity contribution in [2.24, 2.45) is 5.10 Å². The molecule has 1 aromatic heterocycles. The molecule has 0 aliphatic rings. The number of hydrogen-bond donors (Lipinski definition) is 1. The van der Waals surface area contributed by atoms with E-state index in [4.69, 9.17) is 0 Å². The van der Waals surface area contributed by atoms with Crippen molar-refractivity contribution in [3.8, 4) is 0 Å². The Kier molecular flexibility index (Phi) is 5.06. The molecule has 3 nitrogen and oxygen atoms in total. The van der Waals surface area contributed by atoms with E-state index in [9.17, 15) is 4.79 Å². The van der Waals surface area contributed by atoms with Gasteiger partial charge in [-0.1, -0.05) is 36.4 Å². The fraction of sp³-hybridized carbons (Fsp3) is 0. The summed E-state index contributed by atoms with van der Waals surface area (Å²) in [6.07, 6.45) is 3.47. The summed E-state index contributed by atoms with van der Waals surface area (Å²) in [6, 6.07) is 13.4. The van der Waals surface area contributed by atoms with Gasteiger partial charge in [-0.3, -0.25) is 4.79 Å². The second kappa shape index (κ2) is 7.01. The van der Waals surface area contributed by atoms with Gasteiger partial charge in [-0.05, 0) is 39.0 Å². The van der Waals surface area contributed by atoms with Crippen LogP contribution in [0.4, 0.5) is 0 Å². The Bertz CT molecular complexity index is 591. The molecular formula is C14H11BrN2OS. The van der Waals surface area contributed by atoms with Crippen molar-refractivity contribution in [3.63, 3.8) is 0 Å². The average molecular weight is 335 g/mol. The molecular weight excluding hydrogens is 324 g/mol. The third-order valence-corrected chi connectivity index (χ3v) is 3.51. The van der Waals surface area contributed by atoms with Crippen molar-refractivity contribution in [1.82, 2.24) is 5.43 Å². The number of nitrogens with zero attached hydrogens (tertiary/aromatic N) is 1. The van der Waals surface area contributed by atoms with Crippen LogP contribution in [0.5, 0.6) is 0 Å². The lowest BCUT2D eigenvalue weighted by atomic mass is 10.2. The number of carbonyl (C=O) groups excluding carboxylic acids is 1. The van der Waals surface area contributed by atoms with Crippen LogP contribution in [0.1, 0.15) is 15.2 Å². The van der Waals surface area contributed by atoms with Crippen molar-refractivity contribution < 1.29 is 4.79 Å². The maximum absolute atomic E-state index is 11.6. The predicted octanol–water partition coefficient (Wildman–Crippen LogP) is 3.90. The van der Waals surface area contributed by atoms with E-state index in [-0.39, 0.29) is 5.91 Å². The largest absolute Gasteiger partial charge is 0.281 e. The van der Waals surface area contributed by atoms with Gasteiger partial charge in [0.25, 0.3) is 5.91 Å². The van der Waals surface area contributed by atoms with E-state index in [0.29, 0.717) is 4.88 Å². The van der Waals surface area contributed by atoms with Crippen LogP contribution >= 0.6 is 27.3 Å². The van der Waals surface area contributed by atoms with E-state index in [0.717, 1.165) is 10.0 Å². The lowest BCUT2D eigenvalue weighted by molar-refractivity contribution is 0.0959. The molecule has 0 saturated carbocycles. The molecule has 2 rings (SSSR count). The molecule has 0 unspecified atom stereocenters. The first-order valence-corrected chi connectivity index (χ1v) is 7.22. The van der Waals surface area contributed by atoms with Crippen LogP contribution in [0.25, 0.3) is 6.08 Å². The highest BCUT2D eigenvalue weighted by Crippen LogP contribution is 2.10. The number of halogens is 1. The lowest BCUT2D eigenvalue weighted by Gasteiger charge is -1.95. The Morgan fingerprint density at radius 1 is 1.21 bits per heavy atom. The number of allylic oxidation sites excluding steroid dienone is 1. The maximum atomic E-state index is 11.6. The molecule has 19 heavy (non-hydrogen) atoms. The summed E-state index contributed by atoms with van der Waals surface area (Å²) in [6.45, 7) is 0. The van der Waals surface area contributed by atoms with Gasteiger partial charge < -0.3 is 0 Å². The third kappa shape index (κ3) is 4.46. The van der Waals surface area contributed by atoms with Crippen LogP contribution in [-0.4, -0.2) is 12.1 Å². The van der Waals surface area contributed by atoms with Crippen LogP contribution in [0.3, 0.4) is 0 Å². The second-order valence-electron chi connectivity index (χ2n) is 3.62. The van der Waals surface area contributed by atoms with Gasteiger partial charge in [0.05, 0.1) is 11.1 Å². The standard InChI is InChI=1S/C14H11BrN2OS/c15-12(9-11-5-2-1-3-6-11)10-16-17-14(18)13-7-4-8-19-13/h1-10H,(H,17,18)/b12-9+,16-10-. The Balaban J connectivity index is 1.92. The SMILES string of the molecule is O=C(N/N=C\C(Br)=C/c1ccccc1)c1cccs1. The highest BCUT2D eigenvalue weighted by atomic mass is 79.9. The van der Waals surface area contributed by atoms with Crippen molar-refractivity contribution >= 4 is 45.5 Å². The van der Waals surface area contributed by atoms with Crippen LogP contribution in [0.2, 0.25) is 0 Å². The molecule has 1 amide bonds. The van der Waals surface area contributed by atoms with Crippen LogP contribution in [0.15, 0.2) is 57.4 Å². The molecule has 0 fully saturated rings. The van der Waals surface area contributed by atoms with Crippen LogP contribution < -0.4 is 5.43 Å². The number of nitrogens with one attached hydrogen (secondary N) is 1. The molecule has 5 heteroatoms. The number of thiophene rings is 1. The highest BCUT2D eigenvalue weighted by molar-refractivity contribution is 9.12. The molecule has 1 N–H and O–H groups in total. The van der Waals surface area contributed by atoms with Crippen molar-refractivity contribution in [1.29, 1.82) is 0 Å². The Morgan fingerprint density at radius 2 is 2.00 bits per heavy atom. The monoisotopic (exact) mass is 334 g/mol. The number of rotatable bonds is 4. The number of hydrogen-bond acceptors (Lipinski definition) is 3. The Labute approximate surface area is 123 Å². The molecule has 0 radical (unpaired) electrons. The van der Waals surface area contributed by atoms with E-state index in [2.05, 4.69) is 26.5 Å². The second-order valence-corrected chi connectivity index (χ2v) is 5.48. The van der Waals surface area contributed by atoms with Gasteiger partial charge in [-0.15, -0.1) is 11.3 Å². The molecule has 0 aliphatic carbocycles. The first kappa shape index (κ1) is 13.7. The minimum atomic E-state index is -0.203. The summed E-state index contributed by atoms with van der Waals surface area (Å²) in [5.74, 6) is -0.203. The van der Waals surface area contributed by atoms with Crippen LogP contribution in [-0.2, 0) is 0 Å². The zero-order valence-corrected chi connectivity index (χ0v) is 12.3. The van der Waals surface area contributed by atoms with E-state index in [1.54, 1.807) is 12.3 Å². The smallest absolute Gasteiger partial charge is 0.266 e. The molecule has 0 saturated heterocycles. The maximum Gasteiger partial charge on any atom is 0.281 e. The number of amides is 1. The molecule has 0 aliphatic heterocycles. The first-order valence-electron chi connectivity index (χ1n) is 5.55. The fourth-order valence-electron chi connectivity index (χ4n) is 1.36. The van der Waals surface area contributed by atoms with Gasteiger partial charge in [0.15, 0.2) is 0 Å². The predicted molar refractivity (Wildman–Crippen MR) is 83.6 cm³/mol. The molecule has 0 spiro atoms. The molecule has 1 aromatic carbocycles. The molecule has 0 atom stereocenters. The molecule has 0 bridgehead atoms. The summed E-state index contributed by atoms with van der Waals surface area (Å²) in [7, 11) is 0. The van der Waals surface area contributed by atoms with Crippen molar-refractivity contribution in [3.05, 3.63) is 62.8 Å². The lowest BCUT2D eigenvalue weighted by Crippen LogP contribution is -2.15.